The molecule has 1 N–H and O–H groups in total. The number of ether oxygens (including phenoxy) is 1. The van der Waals surface area contributed by atoms with Crippen molar-refractivity contribution in [2.45, 2.75) is 39.3 Å². The summed E-state index contributed by atoms with van der Waals surface area (Å²) < 4.78 is 5.53. The summed E-state index contributed by atoms with van der Waals surface area (Å²) in [4.78, 5) is 2.13. The van der Waals surface area contributed by atoms with Crippen molar-refractivity contribution in [2.75, 3.05) is 20.2 Å². The molecule has 1 aliphatic heterocycles. The van der Waals surface area contributed by atoms with Gasteiger partial charge in [0.2, 0.25) is 0 Å². The monoisotopic (exact) mass is 230 g/mol. The molecule has 0 radical (unpaired) electrons. The van der Waals surface area contributed by atoms with Gasteiger partial charge >= 0.3 is 0 Å². The van der Waals surface area contributed by atoms with Crippen LogP contribution < -0.4 is 5.32 Å². The van der Waals surface area contributed by atoms with Gasteiger partial charge in [-0.2, -0.15) is 0 Å². The Kier molecular flexibility index (Phi) is 4.80. The Labute approximate surface area is 98.2 Å². The van der Waals surface area contributed by atoms with E-state index in [2.05, 4.69) is 31.0 Å². The molecule has 0 aromatic heterocycles. The molecular formula is C11H22N2OS. The molecule has 0 aromatic rings. The third-order valence-corrected chi connectivity index (χ3v) is 3.25. The second-order valence-electron chi connectivity index (χ2n) is 4.62. The molecule has 88 valence electrons. The molecule has 0 aliphatic carbocycles. The summed E-state index contributed by atoms with van der Waals surface area (Å²) in [5, 5.41) is 4.12. The minimum atomic E-state index is 0.286. The van der Waals surface area contributed by atoms with E-state index in [4.69, 9.17) is 17.0 Å². The summed E-state index contributed by atoms with van der Waals surface area (Å²) in [5.41, 5.74) is 0. The van der Waals surface area contributed by atoms with Gasteiger partial charge < -0.3 is 15.0 Å². The van der Waals surface area contributed by atoms with E-state index in [1.165, 1.54) is 0 Å². The smallest absolute Gasteiger partial charge is 0.169 e. The summed E-state index contributed by atoms with van der Waals surface area (Å²) in [6, 6.07) is 0.428. The first-order valence-corrected chi connectivity index (χ1v) is 6.05. The van der Waals surface area contributed by atoms with Crippen LogP contribution in [0.3, 0.4) is 0 Å². The summed E-state index contributed by atoms with van der Waals surface area (Å²) in [6.07, 6.45) is 1.36. The first kappa shape index (κ1) is 12.7. The number of hydrogen-bond donors (Lipinski definition) is 1. The topological polar surface area (TPSA) is 24.5 Å². The van der Waals surface area contributed by atoms with Gasteiger partial charge in [-0.3, -0.25) is 0 Å². The molecule has 0 spiro atoms. The SMILES string of the molecule is CC(C)CNC(=S)N(C)C1CCOC1C. The van der Waals surface area contributed by atoms with Crippen molar-refractivity contribution >= 4 is 17.3 Å². The van der Waals surface area contributed by atoms with Crippen LogP contribution in [0.1, 0.15) is 27.2 Å². The average Bonchev–Trinajstić information content (AvgIpc) is 2.59. The Morgan fingerprint density at radius 2 is 2.27 bits per heavy atom. The maximum atomic E-state index is 5.53. The molecular weight excluding hydrogens is 208 g/mol. The highest BCUT2D eigenvalue weighted by Gasteiger charge is 2.28. The van der Waals surface area contributed by atoms with Crippen molar-refractivity contribution in [2.24, 2.45) is 5.92 Å². The third kappa shape index (κ3) is 3.61. The van der Waals surface area contributed by atoms with E-state index in [1.54, 1.807) is 0 Å². The fraction of sp³-hybridized carbons (Fsp3) is 0.909. The van der Waals surface area contributed by atoms with Gasteiger partial charge in [0.25, 0.3) is 0 Å². The average molecular weight is 230 g/mol. The quantitative estimate of drug-likeness (QED) is 0.745. The molecule has 0 aromatic carbocycles. The standard InChI is InChI=1S/C11H22N2OS/c1-8(2)7-12-11(15)13(4)10-5-6-14-9(10)3/h8-10H,5-7H2,1-4H3,(H,12,15). The Hall–Kier alpha value is -0.350. The second kappa shape index (κ2) is 5.66. The van der Waals surface area contributed by atoms with Gasteiger partial charge in [-0.15, -0.1) is 0 Å². The van der Waals surface area contributed by atoms with Gasteiger partial charge in [-0.1, -0.05) is 13.8 Å². The molecule has 4 heteroatoms. The number of nitrogens with zero attached hydrogens (tertiary/aromatic N) is 1. The highest BCUT2D eigenvalue weighted by atomic mass is 32.1. The van der Waals surface area contributed by atoms with E-state index < -0.39 is 0 Å². The van der Waals surface area contributed by atoms with Crippen molar-refractivity contribution in [1.82, 2.24) is 10.2 Å². The van der Waals surface area contributed by atoms with Crippen LogP contribution in [-0.4, -0.2) is 42.4 Å². The molecule has 2 atom stereocenters. The molecule has 1 saturated heterocycles. The maximum absolute atomic E-state index is 5.53. The van der Waals surface area contributed by atoms with Crippen molar-refractivity contribution in [3.05, 3.63) is 0 Å². The predicted octanol–water partition coefficient (Wildman–Crippen LogP) is 1.63. The summed E-state index contributed by atoms with van der Waals surface area (Å²) >= 11 is 5.34. The Morgan fingerprint density at radius 3 is 2.73 bits per heavy atom. The normalized spacial score (nSPS) is 25.7. The lowest BCUT2D eigenvalue weighted by Gasteiger charge is -2.29. The Balaban J connectivity index is 2.38. The van der Waals surface area contributed by atoms with Crippen LogP contribution in [-0.2, 0) is 4.74 Å². The van der Waals surface area contributed by atoms with E-state index in [-0.39, 0.29) is 6.10 Å². The maximum Gasteiger partial charge on any atom is 0.169 e. The fourth-order valence-electron chi connectivity index (χ4n) is 1.80. The van der Waals surface area contributed by atoms with Gasteiger partial charge in [0, 0.05) is 20.2 Å². The van der Waals surface area contributed by atoms with Gasteiger partial charge in [-0.05, 0) is 31.5 Å². The number of likely N-dealkylation sites (N-methyl/N-ethyl adjacent to an activating group) is 1. The fourth-order valence-corrected chi connectivity index (χ4v) is 2.01. The van der Waals surface area contributed by atoms with Crippen molar-refractivity contribution in [1.29, 1.82) is 0 Å². The van der Waals surface area contributed by atoms with Crippen molar-refractivity contribution < 1.29 is 4.74 Å². The van der Waals surface area contributed by atoms with Gasteiger partial charge in [-0.25, -0.2) is 0 Å². The first-order chi connectivity index (χ1) is 7.02. The summed E-state index contributed by atoms with van der Waals surface area (Å²) in [5.74, 6) is 0.619. The number of nitrogens with one attached hydrogen (secondary N) is 1. The highest BCUT2D eigenvalue weighted by molar-refractivity contribution is 7.80. The van der Waals surface area contributed by atoms with Gasteiger partial charge in [0.1, 0.15) is 0 Å². The molecule has 1 heterocycles. The van der Waals surface area contributed by atoms with Crippen LogP contribution >= 0.6 is 12.2 Å². The largest absolute Gasteiger partial charge is 0.376 e. The zero-order valence-electron chi connectivity index (χ0n) is 10.1. The Morgan fingerprint density at radius 1 is 1.60 bits per heavy atom. The minimum absolute atomic E-state index is 0.286. The number of hydrogen-bond acceptors (Lipinski definition) is 2. The molecule has 2 unspecified atom stereocenters. The van der Waals surface area contributed by atoms with Crippen LogP contribution in [0.4, 0.5) is 0 Å². The lowest BCUT2D eigenvalue weighted by atomic mass is 10.1. The minimum Gasteiger partial charge on any atom is -0.376 e. The molecule has 1 rings (SSSR count). The first-order valence-electron chi connectivity index (χ1n) is 5.64. The molecule has 0 amide bonds. The molecule has 0 saturated carbocycles. The van der Waals surface area contributed by atoms with E-state index in [0.29, 0.717) is 12.0 Å². The zero-order valence-corrected chi connectivity index (χ0v) is 10.9. The molecule has 15 heavy (non-hydrogen) atoms. The highest BCUT2D eigenvalue weighted by Crippen LogP contribution is 2.18. The van der Waals surface area contributed by atoms with E-state index in [0.717, 1.165) is 24.7 Å². The zero-order chi connectivity index (χ0) is 11.4. The number of thiocarbonyl (C=S) groups is 1. The molecule has 1 aliphatic rings. The van der Waals surface area contributed by atoms with E-state index >= 15 is 0 Å². The Bertz CT molecular complexity index is 221. The van der Waals surface area contributed by atoms with Crippen LogP contribution in [0.5, 0.6) is 0 Å². The van der Waals surface area contributed by atoms with Crippen LogP contribution in [0.2, 0.25) is 0 Å². The lowest BCUT2D eigenvalue weighted by Crippen LogP contribution is -2.46. The van der Waals surface area contributed by atoms with Crippen LogP contribution in [0.15, 0.2) is 0 Å². The molecule has 3 nitrogen and oxygen atoms in total. The summed E-state index contributed by atoms with van der Waals surface area (Å²) in [6.45, 7) is 8.25. The molecule has 1 fully saturated rings. The lowest BCUT2D eigenvalue weighted by molar-refractivity contribution is 0.0997. The number of rotatable bonds is 3. The van der Waals surface area contributed by atoms with Crippen molar-refractivity contribution in [3.8, 4) is 0 Å². The van der Waals surface area contributed by atoms with Crippen LogP contribution in [0.25, 0.3) is 0 Å². The van der Waals surface area contributed by atoms with Gasteiger partial charge in [0.15, 0.2) is 5.11 Å². The van der Waals surface area contributed by atoms with E-state index in [1.807, 2.05) is 7.05 Å². The summed E-state index contributed by atoms with van der Waals surface area (Å²) in [7, 11) is 2.05. The van der Waals surface area contributed by atoms with Gasteiger partial charge in [0.05, 0.1) is 12.1 Å². The molecule has 0 bridgehead atoms. The second-order valence-corrected chi connectivity index (χ2v) is 5.01. The van der Waals surface area contributed by atoms with E-state index in [9.17, 15) is 0 Å². The predicted molar refractivity (Wildman–Crippen MR) is 67.0 cm³/mol. The van der Waals surface area contributed by atoms with Crippen molar-refractivity contribution in [3.63, 3.8) is 0 Å². The third-order valence-electron chi connectivity index (χ3n) is 2.82. The van der Waals surface area contributed by atoms with Crippen LogP contribution in [0, 0.1) is 5.92 Å².